The number of hydrogen-bond donors (Lipinski definition) is 9. The first-order chi connectivity index (χ1) is 24.7. The van der Waals surface area contributed by atoms with Gasteiger partial charge in [0.1, 0.15) is 43.6 Å². The molecular weight excluding hydrogens is 702 g/mol. The fourth-order valence-corrected chi connectivity index (χ4v) is 4.65. The lowest BCUT2D eigenvalue weighted by atomic mass is 10.1. The number of fused-ring (bicyclic) bond motifs is 1. The number of nitrogens with zero attached hydrogens (tertiary/aromatic N) is 2. The molecule has 1 aliphatic rings. The molecule has 1 atom stereocenters. The zero-order chi connectivity index (χ0) is 38.8. The number of benzene rings is 2. The standard InChI is InChI=1S/C24H25N5O7.C8H16N4O3S/c25-23(26)16-3-1-15(2-4-16)14-36-17-5-6-19-18(11-17)24(35)28(9-7-22(33)34)13-21(32)29(19)12-20(31)27-8-10-30;1-10-2-6(13)11-3-7(14)12-5(4-16)8(9)15/h1-6,10-11H,7-9,12-14H2,(H3,25,26)(H,27,31)(H,33,34);5,10,16H,2-4H2,1H3,(H2,9,15)(H,11,13)(H,12,14). The molecule has 1 heterocycles. The van der Waals surface area contributed by atoms with E-state index >= 15 is 0 Å². The van der Waals surface area contributed by atoms with E-state index in [0.717, 1.165) is 15.4 Å². The first-order valence-electron chi connectivity index (χ1n) is 15.5. The van der Waals surface area contributed by atoms with E-state index in [-0.39, 0.29) is 68.0 Å². The van der Waals surface area contributed by atoms with Crippen LogP contribution in [0.25, 0.3) is 0 Å². The molecule has 0 spiro atoms. The number of carboxylic acids is 1. The molecule has 0 bridgehead atoms. The zero-order valence-corrected chi connectivity index (χ0v) is 29.1. The van der Waals surface area contributed by atoms with Crippen LogP contribution in [0.3, 0.4) is 0 Å². The van der Waals surface area contributed by atoms with Crippen molar-refractivity contribution in [3.05, 3.63) is 59.2 Å². The number of carbonyl (C=O) groups is 8. The Morgan fingerprint density at radius 2 is 1.71 bits per heavy atom. The molecular formula is C32H41N9O10S. The van der Waals surface area contributed by atoms with Gasteiger partial charge in [-0.05, 0) is 30.8 Å². The molecule has 0 saturated carbocycles. The van der Waals surface area contributed by atoms with Gasteiger partial charge in [-0.3, -0.25) is 39.0 Å². The number of likely N-dealkylation sites (N-methyl/N-ethyl adjacent to an activating group) is 1. The summed E-state index contributed by atoms with van der Waals surface area (Å²) in [6, 6.07) is 10.5. The van der Waals surface area contributed by atoms with Gasteiger partial charge in [-0.15, -0.1) is 0 Å². The second-order valence-electron chi connectivity index (χ2n) is 10.9. The summed E-state index contributed by atoms with van der Waals surface area (Å²) in [5, 5.41) is 26.2. The third kappa shape index (κ3) is 13.7. The second kappa shape index (κ2) is 21.3. The number of amides is 6. The van der Waals surface area contributed by atoms with E-state index in [1.165, 1.54) is 12.1 Å². The lowest BCUT2D eigenvalue weighted by Gasteiger charge is -2.22. The van der Waals surface area contributed by atoms with Gasteiger partial charge in [0.25, 0.3) is 5.91 Å². The van der Waals surface area contributed by atoms with Gasteiger partial charge in [0.05, 0.1) is 37.3 Å². The number of nitrogens with one attached hydrogen (secondary N) is 5. The van der Waals surface area contributed by atoms with Gasteiger partial charge < -0.3 is 57.2 Å². The Morgan fingerprint density at radius 1 is 1.02 bits per heavy atom. The van der Waals surface area contributed by atoms with Crippen LogP contribution in [0.5, 0.6) is 5.75 Å². The summed E-state index contributed by atoms with van der Waals surface area (Å²) in [6.07, 6.45) is 0.144. The summed E-state index contributed by atoms with van der Waals surface area (Å²) in [5.74, 6) is -3.95. The number of thiol groups is 1. The van der Waals surface area contributed by atoms with Crippen LogP contribution in [0.1, 0.15) is 27.9 Å². The molecule has 3 rings (SSSR count). The average Bonchev–Trinajstić information content (AvgIpc) is 3.20. The van der Waals surface area contributed by atoms with Crippen molar-refractivity contribution >= 4 is 71.9 Å². The van der Waals surface area contributed by atoms with Crippen molar-refractivity contribution < 1.29 is 48.2 Å². The van der Waals surface area contributed by atoms with E-state index < -0.39 is 54.6 Å². The van der Waals surface area contributed by atoms with E-state index in [1.54, 1.807) is 37.4 Å². The van der Waals surface area contributed by atoms with Crippen molar-refractivity contribution in [3.63, 3.8) is 0 Å². The smallest absolute Gasteiger partial charge is 0.305 e. The molecule has 6 amide bonds. The van der Waals surface area contributed by atoms with Crippen molar-refractivity contribution in [2.24, 2.45) is 11.5 Å². The van der Waals surface area contributed by atoms with Crippen LogP contribution in [0.15, 0.2) is 42.5 Å². The highest BCUT2D eigenvalue weighted by Gasteiger charge is 2.33. The van der Waals surface area contributed by atoms with E-state index in [0.29, 0.717) is 17.6 Å². The number of rotatable bonds is 18. The molecule has 19 nitrogen and oxygen atoms in total. The molecule has 52 heavy (non-hydrogen) atoms. The molecule has 1 aliphatic heterocycles. The lowest BCUT2D eigenvalue weighted by Crippen LogP contribution is -2.49. The number of aldehydes is 1. The summed E-state index contributed by atoms with van der Waals surface area (Å²) in [5.41, 5.74) is 12.0. The highest BCUT2D eigenvalue weighted by Crippen LogP contribution is 2.30. The maximum absolute atomic E-state index is 13.2. The number of nitrogen functional groups attached to an aromatic ring is 1. The first-order valence-corrected chi connectivity index (χ1v) is 16.2. The van der Waals surface area contributed by atoms with E-state index in [2.05, 4.69) is 33.9 Å². The summed E-state index contributed by atoms with van der Waals surface area (Å²) in [4.78, 5) is 95.2. The molecule has 0 aromatic heterocycles. The molecule has 10 N–H and O–H groups in total. The molecule has 280 valence electrons. The van der Waals surface area contributed by atoms with Crippen LogP contribution in [0.4, 0.5) is 5.69 Å². The van der Waals surface area contributed by atoms with E-state index in [1.807, 2.05) is 0 Å². The van der Waals surface area contributed by atoms with Crippen LogP contribution in [0, 0.1) is 5.41 Å². The van der Waals surface area contributed by atoms with Gasteiger partial charge >= 0.3 is 5.97 Å². The Morgan fingerprint density at radius 3 is 2.29 bits per heavy atom. The number of hydrogen-bond acceptors (Lipinski definition) is 12. The van der Waals surface area contributed by atoms with Gasteiger partial charge in [0.15, 0.2) is 0 Å². The maximum Gasteiger partial charge on any atom is 0.305 e. The predicted octanol–water partition coefficient (Wildman–Crippen LogP) is -2.65. The van der Waals surface area contributed by atoms with Crippen LogP contribution in [-0.2, 0) is 40.2 Å². The topological polar surface area (TPSA) is 297 Å². The minimum absolute atomic E-state index is 0.0573. The Bertz CT molecular complexity index is 1660. The molecule has 2 aromatic rings. The number of ether oxygens (including phenoxy) is 1. The van der Waals surface area contributed by atoms with Gasteiger partial charge in [0, 0.05) is 17.9 Å². The molecule has 0 saturated heterocycles. The summed E-state index contributed by atoms with van der Waals surface area (Å²) >= 11 is 3.86. The summed E-state index contributed by atoms with van der Waals surface area (Å²) in [6.45, 7) is -1.19. The molecule has 0 radical (unpaired) electrons. The average molecular weight is 744 g/mol. The Balaban J connectivity index is 0.000000493. The first kappa shape index (κ1) is 42.1. The van der Waals surface area contributed by atoms with Gasteiger partial charge in [-0.2, -0.15) is 12.6 Å². The minimum Gasteiger partial charge on any atom is -0.489 e. The number of aliphatic carboxylic acids is 1. The van der Waals surface area contributed by atoms with Crippen molar-refractivity contribution in [2.45, 2.75) is 19.1 Å². The Labute approximate surface area is 303 Å². The van der Waals surface area contributed by atoms with Crippen molar-refractivity contribution in [2.75, 3.05) is 57.0 Å². The van der Waals surface area contributed by atoms with Gasteiger partial charge in [-0.1, -0.05) is 24.3 Å². The number of primary amides is 1. The van der Waals surface area contributed by atoms with Gasteiger partial charge in [-0.25, -0.2) is 0 Å². The van der Waals surface area contributed by atoms with E-state index in [4.69, 9.17) is 26.7 Å². The summed E-state index contributed by atoms with van der Waals surface area (Å²) < 4.78 is 5.81. The van der Waals surface area contributed by atoms with Crippen LogP contribution < -0.4 is 42.4 Å². The predicted molar refractivity (Wildman–Crippen MR) is 190 cm³/mol. The highest BCUT2D eigenvalue weighted by molar-refractivity contribution is 7.80. The molecule has 1 unspecified atom stereocenters. The fraction of sp³-hybridized carbons (Fsp3) is 0.344. The lowest BCUT2D eigenvalue weighted by molar-refractivity contribution is -0.137. The molecule has 0 aliphatic carbocycles. The minimum atomic E-state index is -1.13. The Kier molecular flexibility index (Phi) is 17.2. The molecule has 2 aromatic carbocycles. The van der Waals surface area contributed by atoms with Crippen molar-refractivity contribution in [3.8, 4) is 5.75 Å². The SMILES string of the molecule is CNCC(=O)NCC(=O)NC(CS)C(N)=O.N=C(N)c1ccc(COc2ccc3c(c2)C(=O)N(CCC(=O)O)CC(=O)N3CC(=O)NCC=O)cc1. The van der Waals surface area contributed by atoms with Gasteiger partial charge in [0.2, 0.25) is 29.5 Å². The quantitative estimate of drug-likeness (QED) is 0.0328. The highest BCUT2D eigenvalue weighted by atomic mass is 32.1. The third-order valence-corrected chi connectivity index (χ3v) is 7.36. The normalized spacial score (nSPS) is 12.6. The zero-order valence-electron chi connectivity index (χ0n) is 28.2. The number of amidine groups is 1. The maximum atomic E-state index is 13.2. The number of carboxylic acid groups (broad SMARTS) is 1. The Hall–Kier alpha value is -6.02. The largest absolute Gasteiger partial charge is 0.489 e. The van der Waals surface area contributed by atoms with Crippen molar-refractivity contribution in [1.82, 2.24) is 26.2 Å². The van der Waals surface area contributed by atoms with E-state index in [9.17, 15) is 38.4 Å². The second-order valence-corrected chi connectivity index (χ2v) is 11.3. The monoisotopic (exact) mass is 743 g/mol. The number of nitrogens with two attached hydrogens (primary N) is 2. The van der Waals surface area contributed by atoms with Crippen LogP contribution >= 0.6 is 12.6 Å². The summed E-state index contributed by atoms with van der Waals surface area (Å²) in [7, 11) is 1.61. The number of carbonyl (C=O) groups excluding carboxylic acids is 7. The van der Waals surface area contributed by atoms with Crippen LogP contribution in [0.2, 0.25) is 0 Å². The molecule has 0 fully saturated rings. The van der Waals surface area contributed by atoms with Crippen LogP contribution in [-0.4, -0.2) is 122 Å². The fourth-order valence-electron chi connectivity index (χ4n) is 4.38. The number of anilines is 1. The third-order valence-electron chi connectivity index (χ3n) is 7.00. The van der Waals surface area contributed by atoms with Crippen molar-refractivity contribution in [1.29, 1.82) is 5.41 Å². The molecule has 20 heteroatoms.